The molecule has 2 aliphatic rings. The molecule has 2 N–H and O–H groups in total. The van der Waals surface area contributed by atoms with Crippen molar-refractivity contribution in [1.82, 2.24) is 0 Å². The number of nitrogens with two attached hydrogens (primary N) is 1. The van der Waals surface area contributed by atoms with Gasteiger partial charge in [0.05, 0.1) is 12.7 Å². The van der Waals surface area contributed by atoms with E-state index in [2.05, 4.69) is 20.8 Å². The smallest absolute Gasteiger partial charge is 0.0651 e. The Labute approximate surface area is 99.2 Å². The lowest BCUT2D eigenvalue weighted by Gasteiger charge is -2.38. The summed E-state index contributed by atoms with van der Waals surface area (Å²) in [6.07, 6.45) is 8.43. The number of hydrogen-bond acceptors (Lipinski definition) is 2. The Bertz CT molecular complexity index is 284. The summed E-state index contributed by atoms with van der Waals surface area (Å²) >= 11 is 0. The van der Waals surface area contributed by atoms with Crippen molar-refractivity contribution in [3.63, 3.8) is 0 Å². The molecule has 2 bridgehead atoms. The van der Waals surface area contributed by atoms with Crippen molar-refractivity contribution in [3.8, 4) is 0 Å². The Morgan fingerprint density at radius 3 is 2.56 bits per heavy atom. The molecule has 0 saturated heterocycles. The van der Waals surface area contributed by atoms with Crippen LogP contribution in [0.1, 0.15) is 40.0 Å². The molecule has 0 heterocycles. The normalized spacial score (nSPS) is 41.0. The zero-order chi connectivity index (χ0) is 11.8. The first kappa shape index (κ1) is 12.1. The third-order valence-corrected chi connectivity index (χ3v) is 5.41. The molecule has 2 saturated carbocycles. The first-order valence-electron chi connectivity index (χ1n) is 6.49. The molecule has 16 heavy (non-hydrogen) atoms. The standard InChI is InChI=1S/C14H25NO/c1-13(2)11-6-7-14(13,3)12(10-11)16-9-5-4-8-15/h4-5,11-12H,6-10,15H2,1-3H3. The monoisotopic (exact) mass is 223 g/mol. The average Bonchev–Trinajstić information content (AvgIpc) is 2.57. The van der Waals surface area contributed by atoms with Gasteiger partial charge >= 0.3 is 0 Å². The second-order valence-corrected chi connectivity index (χ2v) is 6.14. The fraction of sp³-hybridized carbons (Fsp3) is 0.857. The highest BCUT2D eigenvalue weighted by Gasteiger charge is 2.61. The summed E-state index contributed by atoms with van der Waals surface area (Å²) in [5.41, 5.74) is 6.25. The Kier molecular flexibility index (Phi) is 3.15. The van der Waals surface area contributed by atoms with Crippen LogP contribution < -0.4 is 5.73 Å². The lowest BCUT2D eigenvalue weighted by molar-refractivity contribution is -0.0352. The molecule has 0 amide bonds. The van der Waals surface area contributed by atoms with Gasteiger partial charge in [0.25, 0.3) is 0 Å². The molecule has 0 aromatic carbocycles. The third kappa shape index (κ3) is 1.63. The molecule has 0 aromatic heterocycles. The summed E-state index contributed by atoms with van der Waals surface area (Å²) in [5.74, 6) is 0.862. The highest BCUT2D eigenvalue weighted by molar-refractivity contribution is 5.11. The molecule has 3 unspecified atom stereocenters. The Balaban J connectivity index is 1.96. The zero-order valence-electron chi connectivity index (χ0n) is 10.8. The van der Waals surface area contributed by atoms with Gasteiger partial charge in [-0.1, -0.05) is 32.9 Å². The van der Waals surface area contributed by atoms with Crippen molar-refractivity contribution in [1.29, 1.82) is 0 Å². The van der Waals surface area contributed by atoms with Crippen LogP contribution >= 0.6 is 0 Å². The van der Waals surface area contributed by atoms with Crippen LogP contribution in [-0.4, -0.2) is 19.3 Å². The molecule has 2 rings (SSSR count). The van der Waals surface area contributed by atoms with E-state index in [9.17, 15) is 0 Å². The minimum Gasteiger partial charge on any atom is -0.374 e. The summed E-state index contributed by atoms with van der Waals surface area (Å²) < 4.78 is 6.04. The molecule has 2 fully saturated rings. The van der Waals surface area contributed by atoms with E-state index in [1.54, 1.807) is 0 Å². The highest BCUT2D eigenvalue weighted by atomic mass is 16.5. The lowest BCUT2D eigenvalue weighted by atomic mass is 9.70. The Morgan fingerprint density at radius 1 is 1.31 bits per heavy atom. The molecule has 0 aliphatic heterocycles. The SMILES string of the molecule is CC1(C)C2CCC1(C)C(OCC=CCN)C2. The molecule has 0 radical (unpaired) electrons. The molecule has 0 spiro atoms. The van der Waals surface area contributed by atoms with Gasteiger partial charge in [0.15, 0.2) is 0 Å². The van der Waals surface area contributed by atoms with Gasteiger partial charge in [-0.05, 0) is 36.0 Å². The summed E-state index contributed by atoms with van der Waals surface area (Å²) in [4.78, 5) is 0. The quantitative estimate of drug-likeness (QED) is 0.744. The molecule has 3 atom stereocenters. The van der Waals surface area contributed by atoms with Crippen molar-refractivity contribution in [2.75, 3.05) is 13.2 Å². The summed E-state index contributed by atoms with van der Waals surface area (Å²) in [7, 11) is 0. The number of fused-ring (bicyclic) bond motifs is 2. The number of rotatable bonds is 4. The minimum absolute atomic E-state index is 0.383. The second-order valence-electron chi connectivity index (χ2n) is 6.14. The van der Waals surface area contributed by atoms with Crippen LogP contribution in [0.2, 0.25) is 0 Å². The van der Waals surface area contributed by atoms with Crippen molar-refractivity contribution >= 4 is 0 Å². The summed E-state index contributed by atoms with van der Waals surface area (Å²) in [6.45, 7) is 8.59. The van der Waals surface area contributed by atoms with E-state index in [0.29, 0.717) is 23.5 Å². The third-order valence-electron chi connectivity index (χ3n) is 5.41. The van der Waals surface area contributed by atoms with E-state index in [4.69, 9.17) is 10.5 Å². The van der Waals surface area contributed by atoms with Crippen molar-refractivity contribution in [3.05, 3.63) is 12.2 Å². The largest absolute Gasteiger partial charge is 0.374 e. The van der Waals surface area contributed by atoms with Gasteiger partial charge in [0.1, 0.15) is 0 Å². The average molecular weight is 223 g/mol. The van der Waals surface area contributed by atoms with Gasteiger partial charge in [0.2, 0.25) is 0 Å². The molecule has 2 heteroatoms. The van der Waals surface area contributed by atoms with Gasteiger partial charge in [-0.25, -0.2) is 0 Å². The van der Waals surface area contributed by atoms with E-state index >= 15 is 0 Å². The van der Waals surface area contributed by atoms with Crippen LogP contribution in [0.3, 0.4) is 0 Å². The van der Waals surface area contributed by atoms with Crippen LogP contribution in [0.4, 0.5) is 0 Å². The van der Waals surface area contributed by atoms with Gasteiger partial charge in [-0.2, -0.15) is 0 Å². The highest BCUT2D eigenvalue weighted by Crippen LogP contribution is 2.66. The maximum atomic E-state index is 6.04. The van der Waals surface area contributed by atoms with Crippen LogP contribution in [0.5, 0.6) is 0 Å². The van der Waals surface area contributed by atoms with Crippen molar-refractivity contribution in [2.24, 2.45) is 22.5 Å². The zero-order valence-corrected chi connectivity index (χ0v) is 10.8. The predicted octanol–water partition coefficient (Wildman–Crippen LogP) is 2.73. The van der Waals surface area contributed by atoms with E-state index in [0.717, 1.165) is 12.5 Å². The Morgan fingerprint density at radius 2 is 2.06 bits per heavy atom. The number of ether oxygens (including phenoxy) is 1. The van der Waals surface area contributed by atoms with Crippen LogP contribution in [0, 0.1) is 16.7 Å². The van der Waals surface area contributed by atoms with Crippen LogP contribution in [0.15, 0.2) is 12.2 Å². The first-order valence-corrected chi connectivity index (χ1v) is 6.49. The van der Waals surface area contributed by atoms with Gasteiger partial charge in [0, 0.05) is 6.54 Å². The summed E-state index contributed by atoms with van der Waals surface area (Å²) in [5, 5.41) is 0. The van der Waals surface area contributed by atoms with E-state index < -0.39 is 0 Å². The molecule has 0 aromatic rings. The molecule has 92 valence electrons. The fourth-order valence-corrected chi connectivity index (χ4v) is 3.72. The molecular formula is C14H25NO. The second kappa shape index (κ2) is 4.15. The fourth-order valence-electron chi connectivity index (χ4n) is 3.72. The maximum Gasteiger partial charge on any atom is 0.0651 e. The predicted molar refractivity (Wildman–Crippen MR) is 67.2 cm³/mol. The van der Waals surface area contributed by atoms with E-state index in [1.807, 2.05) is 12.2 Å². The molecule has 2 nitrogen and oxygen atoms in total. The van der Waals surface area contributed by atoms with Gasteiger partial charge in [-0.15, -0.1) is 0 Å². The molecule has 2 aliphatic carbocycles. The van der Waals surface area contributed by atoms with Crippen molar-refractivity contribution < 1.29 is 4.74 Å². The first-order chi connectivity index (χ1) is 7.52. The minimum atomic E-state index is 0.383. The van der Waals surface area contributed by atoms with Crippen LogP contribution in [-0.2, 0) is 4.74 Å². The van der Waals surface area contributed by atoms with Crippen LogP contribution in [0.25, 0.3) is 0 Å². The van der Waals surface area contributed by atoms with Crippen molar-refractivity contribution in [2.45, 2.75) is 46.1 Å². The van der Waals surface area contributed by atoms with E-state index in [1.165, 1.54) is 19.3 Å². The molecular weight excluding hydrogens is 198 g/mol. The van der Waals surface area contributed by atoms with Gasteiger partial charge < -0.3 is 10.5 Å². The maximum absolute atomic E-state index is 6.04. The Hall–Kier alpha value is -0.340. The van der Waals surface area contributed by atoms with Gasteiger partial charge in [-0.3, -0.25) is 0 Å². The summed E-state index contributed by atoms with van der Waals surface area (Å²) in [6, 6.07) is 0. The number of hydrogen-bond donors (Lipinski definition) is 1. The van der Waals surface area contributed by atoms with E-state index in [-0.39, 0.29) is 0 Å². The lowest BCUT2D eigenvalue weighted by Crippen LogP contribution is -2.37. The topological polar surface area (TPSA) is 35.2 Å².